The molecule has 0 spiro atoms. The predicted octanol–water partition coefficient (Wildman–Crippen LogP) is 5.08. The molecular weight excluding hydrogens is 366 g/mol. The molecule has 0 unspecified atom stereocenters. The lowest BCUT2D eigenvalue weighted by Crippen LogP contribution is -2.14. The fraction of sp³-hybridized carbons (Fsp3) is 0.174. The molecule has 6 nitrogen and oxygen atoms in total. The molecule has 0 bridgehead atoms. The normalized spacial score (nSPS) is 10.9. The third-order valence-corrected chi connectivity index (χ3v) is 4.86. The van der Waals surface area contributed by atoms with Gasteiger partial charge in [-0.2, -0.15) is 0 Å². The van der Waals surface area contributed by atoms with Crippen LogP contribution in [-0.2, 0) is 0 Å². The molecule has 1 N–H and O–H groups in total. The van der Waals surface area contributed by atoms with Gasteiger partial charge in [-0.05, 0) is 57.2 Å². The van der Waals surface area contributed by atoms with Crippen LogP contribution in [0.2, 0.25) is 0 Å². The van der Waals surface area contributed by atoms with E-state index in [1.54, 1.807) is 7.11 Å². The molecule has 1 amide bonds. The Hall–Kier alpha value is -3.67. The molecule has 0 saturated carbocycles. The zero-order valence-corrected chi connectivity index (χ0v) is 16.7. The lowest BCUT2D eigenvalue weighted by atomic mass is 10.1. The van der Waals surface area contributed by atoms with E-state index in [0.29, 0.717) is 22.8 Å². The number of anilines is 1. The summed E-state index contributed by atoms with van der Waals surface area (Å²) in [6, 6.07) is 14.9. The van der Waals surface area contributed by atoms with Gasteiger partial charge in [0.25, 0.3) is 5.91 Å². The quantitative estimate of drug-likeness (QED) is 0.529. The number of oxazole rings is 1. The van der Waals surface area contributed by atoms with Crippen molar-refractivity contribution in [3.8, 4) is 17.2 Å². The molecule has 0 radical (unpaired) electrons. The Balaban J connectivity index is 1.62. The molecule has 0 saturated heterocycles. The number of amides is 1. The van der Waals surface area contributed by atoms with Crippen LogP contribution in [0.1, 0.15) is 27.5 Å². The van der Waals surface area contributed by atoms with E-state index in [2.05, 4.69) is 15.3 Å². The highest BCUT2D eigenvalue weighted by atomic mass is 16.5. The van der Waals surface area contributed by atoms with Crippen molar-refractivity contribution in [1.29, 1.82) is 0 Å². The molecule has 2 aromatic carbocycles. The fourth-order valence-corrected chi connectivity index (χ4v) is 3.12. The van der Waals surface area contributed by atoms with Gasteiger partial charge in [-0.3, -0.25) is 9.78 Å². The van der Waals surface area contributed by atoms with Crippen LogP contribution >= 0.6 is 0 Å². The third-order valence-electron chi connectivity index (χ3n) is 4.86. The highest BCUT2D eigenvalue weighted by Crippen LogP contribution is 2.25. The zero-order valence-electron chi connectivity index (χ0n) is 16.7. The number of benzene rings is 2. The first-order chi connectivity index (χ1) is 13.9. The number of carbonyl (C=O) groups is 1. The molecule has 2 aromatic heterocycles. The van der Waals surface area contributed by atoms with E-state index < -0.39 is 0 Å². The summed E-state index contributed by atoms with van der Waals surface area (Å²) in [6.07, 6.45) is 0. The second-order valence-corrected chi connectivity index (χ2v) is 6.88. The predicted molar refractivity (Wildman–Crippen MR) is 112 cm³/mol. The van der Waals surface area contributed by atoms with Crippen molar-refractivity contribution in [2.45, 2.75) is 20.8 Å². The number of pyridine rings is 1. The standard InChI is InChI=1S/C23H21N3O3/c1-13-15(3)29-23(25-13)17-6-5-7-18(10-17)26-22(27)20-11-16-8-9-19(28-4)12-21(16)24-14(20)2/h5-12H,1-4H3,(H,26,27). The summed E-state index contributed by atoms with van der Waals surface area (Å²) in [4.78, 5) is 21.9. The van der Waals surface area contributed by atoms with Gasteiger partial charge in [0.1, 0.15) is 11.5 Å². The molecule has 0 fully saturated rings. The first kappa shape index (κ1) is 18.7. The number of methoxy groups -OCH3 is 1. The van der Waals surface area contributed by atoms with Gasteiger partial charge in [0.05, 0.1) is 29.6 Å². The van der Waals surface area contributed by atoms with Crippen molar-refractivity contribution < 1.29 is 13.9 Å². The lowest BCUT2D eigenvalue weighted by molar-refractivity contribution is 0.102. The van der Waals surface area contributed by atoms with Gasteiger partial charge in [-0.15, -0.1) is 0 Å². The molecule has 0 aliphatic rings. The van der Waals surface area contributed by atoms with E-state index in [-0.39, 0.29) is 5.91 Å². The highest BCUT2D eigenvalue weighted by Gasteiger charge is 2.14. The molecule has 6 heteroatoms. The SMILES string of the molecule is COc1ccc2cc(C(=O)Nc3cccc(-c4nc(C)c(C)o4)c3)c(C)nc2c1. The summed E-state index contributed by atoms with van der Waals surface area (Å²) in [7, 11) is 1.62. The Morgan fingerprint density at radius 3 is 2.55 bits per heavy atom. The number of hydrogen-bond acceptors (Lipinski definition) is 5. The van der Waals surface area contributed by atoms with Crippen LogP contribution < -0.4 is 10.1 Å². The summed E-state index contributed by atoms with van der Waals surface area (Å²) in [5, 5.41) is 3.82. The largest absolute Gasteiger partial charge is 0.497 e. The van der Waals surface area contributed by atoms with Gasteiger partial charge in [-0.25, -0.2) is 4.98 Å². The minimum absolute atomic E-state index is 0.218. The number of aryl methyl sites for hydroxylation is 3. The first-order valence-corrected chi connectivity index (χ1v) is 9.26. The molecule has 0 aliphatic heterocycles. The molecule has 29 heavy (non-hydrogen) atoms. The smallest absolute Gasteiger partial charge is 0.257 e. The van der Waals surface area contributed by atoms with E-state index in [9.17, 15) is 4.79 Å². The summed E-state index contributed by atoms with van der Waals surface area (Å²) in [6.45, 7) is 5.60. The highest BCUT2D eigenvalue weighted by molar-refractivity contribution is 6.07. The average molecular weight is 387 g/mol. The molecular formula is C23H21N3O3. The van der Waals surface area contributed by atoms with Crippen LogP contribution in [0.3, 0.4) is 0 Å². The second-order valence-electron chi connectivity index (χ2n) is 6.88. The van der Waals surface area contributed by atoms with Gasteiger partial charge in [0, 0.05) is 22.7 Å². The Bertz CT molecular complexity index is 1210. The number of nitrogens with one attached hydrogen (secondary N) is 1. The number of hydrogen-bond donors (Lipinski definition) is 1. The van der Waals surface area contributed by atoms with Gasteiger partial charge < -0.3 is 14.5 Å². The molecule has 4 rings (SSSR count). The van der Waals surface area contributed by atoms with Crippen LogP contribution in [0.4, 0.5) is 5.69 Å². The van der Waals surface area contributed by atoms with Gasteiger partial charge in [0.2, 0.25) is 5.89 Å². The number of ether oxygens (including phenoxy) is 1. The van der Waals surface area contributed by atoms with E-state index in [4.69, 9.17) is 9.15 Å². The van der Waals surface area contributed by atoms with Crippen LogP contribution in [0, 0.1) is 20.8 Å². The van der Waals surface area contributed by atoms with Crippen molar-refractivity contribution >= 4 is 22.5 Å². The average Bonchev–Trinajstić information content (AvgIpc) is 3.05. The Morgan fingerprint density at radius 1 is 1.00 bits per heavy atom. The minimum Gasteiger partial charge on any atom is -0.497 e. The van der Waals surface area contributed by atoms with Gasteiger partial charge >= 0.3 is 0 Å². The summed E-state index contributed by atoms with van der Waals surface area (Å²) in [5.41, 5.74) is 4.28. The molecule has 4 aromatic rings. The van der Waals surface area contributed by atoms with E-state index in [0.717, 1.165) is 33.7 Å². The summed E-state index contributed by atoms with van der Waals surface area (Å²) >= 11 is 0. The van der Waals surface area contributed by atoms with E-state index in [1.807, 2.05) is 69.3 Å². The van der Waals surface area contributed by atoms with Crippen molar-refractivity contribution in [2.75, 3.05) is 12.4 Å². The van der Waals surface area contributed by atoms with Crippen LogP contribution in [0.5, 0.6) is 5.75 Å². The summed E-state index contributed by atoms with van der Waals surface area (Å²) < 4.78 is 10.9. The summed E-state index contributed by atoms with van der Waals surface area (Å²) in [5.74, 6) is 1.83. The molecule has 146 valence electrons. The Morgan fingerprint density at radius 2 is 1.83 bits per heavy atom. The van der Waals surface area contributed by atoms with Crippen LogP contribution in [-0.4, -0.2) is 23.0 Å². The topological polar surface area (TPSA) is 77.2 Å². The molecule has 0 aliphatic carbocycles. The maximum absolute atomic E-state index is 12.9. The third kappa shape index (κ3) is 3.69. The number of aromatic nitrogens is 2. The number of fused-ring (bicyclic) bond motifs is 1. The lowest BCUT2D eigenvalue weighted by Gasteiger charge is -2.10. The van der Waals surface area contributed by atoms with E-state index >= 15 is 0 Å². The molecule has 2 heterocycles. The maximum atomic E-state index is 12.9. The van der Waals surface area contributed by atoms with Crippen molar-refractivity contribution in [3.05, 3.63) is 71.2 Å². The van der Waals surface area contributed by atoms with Crippen LogP contribution in [0.25, 0.3) is 22.4 Å². The van der Waals surface area contributed by atoms with Crippen molar-refractivity contribution in [2.24, 2.45) is 0 Å². The van der Waals surface area contributed by atoms with Gasteiger partial charge in [0.15, 0.2) is 0 Å². The monoisotopic (exact) mass is 387 g/mol. The Labute approximate surface area is 168 Å². The zero-order chi connectivity index (χ0) is 20.5. The second kappa shape index (κ2) is 7.39. The Kier molecular flexibility index (Phi) is 4.76. The van der Waals surface area contributed by atoms with E-state index in [1.165, 1.54) is 0 Å². The van der Waals surface area contributed by atoms with Gasteiger partial charge in [-0.1, -0.05) is 6.07 Å². The minimum atomic E-state index is -0.218. The number of nitrogens with zero attached hydrogens (tertiary/aromatic N) is 2. The number of rotatable bonds is 4. The fourth-order valence-electron chi connectivity index (χ4n) is 3.12. The van der Waals surface area contributed by atoms with Crippen LogP contribution in [0.15, 0.2) is 52.9 Å². The maximum Gasteiger partial charge on any atom is 0.257 e. The number of carbonyl (C=O) groups excluding carboxylic acids is 1. The first-order valence-electron chi connectivity index (χ1n) is 9.26. The van der Waals surface area contributed by atoms with Crippen molar-refractivity contribution in [1.82, 2.24) is 9.97 Å². The molecule has 0 atom stereocenters. The van der Waals surface area contributed by atoms with Crippen molar-refractivity contribution in [3.63, 3.8) is 0 Å².